The number of carbonyl (C=O) groups is 4. The average molecular weight is 1440 g/mol. The number of ether oxygens (including phenoxy) is 4. The molecular formula is C79H154O17P2. The van der Waals surface area contributed by atoms with E-state index in [1.54, 1.807) is 0 Å². The van der Waals surface area contributed by atoms with Crippen molar-refractivity contribution in [1.29, 1.82) is 0 Å². The summed E-state index contributed by atoms with van der Waals surface area (Å²) in [5.41, 5.74) is 0. The highest BCUT2D eigenvalue weighted by atomic mass is 31.2. The van der Waals surface area contributed by atoms with Crippen molar-refractivity contribution in [3.8, 4) is 0 Å². The van der Waals surface area contributed by atoms with Crippen LogP contribution in [0, 0.1) is 17.8 Å². The molecule has 0 aliphatic heterocycles. The first-order valence-electron chi connectivity index (χ1n) is 40.9. The van der Waals surface area contributed by atoms with Crippen LogP contribution < -0.4 is 0 Å². The molecule has 19 heteroatoms. The van der Waals surface area contributed by atoms with Gasteiger partial charge >= 0.3 is 39.5 Å². The maximum atomic E-state index is 13.1. The third-order valence-corrected chi connectivity index (χ3v) is 20.6. The minimum absolute atomic E-state index is 0.102. The van der Waals surface area contributed by atoms with Crippen molar-refractivity contribution in [3.63, 3.8) is 0 Å². The molecule has 0 fully saturated rings. The van der Waals surface area contributed by atoms with Gasteiger partial charge in [0.05, 0.1) is 26.4 Å². The summed E-state index contributed by atoms with van der Waals surface area (Å²) in [6.45, 7) is 11.8. The Balaban J connectivity index is 5.19. The van der Waals surface area contributed by atoms with Crippen LogP contribution in [0.5, 0.6) is 0 Å². The topological polar surface area (TPSA) is 237 Å². The molecule has 0 aliphatic rings. The number of aliphatic hydroxyl groups is 1. The zero-order chi connectivity index (χ0) is 72.3. The smallest absolute Gasteiger partial charge is 0.462 e. The molecule has 0 aromatic rings. The van der Waals surface area contributed by atoms with Crippen molar-refractivity contribution in [2.45, 2.75) is 426 Å². The van der Waals surface area contributed by atoms with E-state index < -0.39 is 97.5 Å². The van der Waals surface area contributed by atoms with Crippen LogP contribution in [0.25, 0.3) is 0 Å². The molecule has 0 amide bonds. The van der Waals surface area contributed by atoms with Crippen LogP contribution in [0.4, 0.5) is 0 Å². The molecule has 0 aliphatic carbocycles. The minimum Gasteiger partial charge on any atom is -0.462 e. The van der Waals surface area contributed by atoms with Gasteiger partial charge in [-0.05, 0) is 43.4 Å². The quantitative estimate of drug-likeness (QED) is 0.0222. The summed E-state index contributed by atoms with van der Waals surface area (Å²) in [6.07, 6.45) is 57.3. The Bertz CT molecular complexity index is 1910. The van der Waals surface area contributed by atoms with Crippen LogP contribution in [-0.2, 0) is 65.4 Å². The molecule has 3 unspecified atom stereocenters. The Morgan fingerprint density at radius 1 is 0.296 bits per heavy atom. The number of esters is 4. The number of aliphatic hydroxyl groups excluding tert-OH is 1. The second-order valence-corrected chi connectivity index (χ2v) is 32.6. The van der Waals surface area contributed by atoms with Crippen LogP contribution in [0.1, 0.15) is 408 Å². The van der Waals surface area contributed by atoms with Crippen molar-refractivity contribution in [2.24, 2.45) is 17.8 Å². The van der Waals surface area contributed by atoms with Crippen LogP contribution in [0.15, 0.2) is 0 Å². The van der Waals surface area contributed by atoms with Gasteiger partial charge < -0.3 is 33.8 Å². The van der Waals surface area contributed by atoms with Gasteiger partial charge in [-0.1, -0.05) is 357 Å². The monoisotopic (exact) mass is 1440 g/mol. The number of hydrogen-bond acceptors (Lipinski definition) is 15. The molecule has 582 valence electrons. The van der Waals surface area contributed by atoms with Gasteiger partial charge in [0.25, 0.3) is 0 Å². The second kappa shape index (κ2) is 69.4. The van der Waals surface area contributed by atoms with E-state index in [2.05, 4.69) is 48.5 Å². The average Bonchev–Trinajstić information content (AvgIpc) is 1.08. The maximum Gasteiger partial charge on any atom is 0.472 e. The number of carbonyl (C=O) groups excluding carboxylic acids is 4. The van der Waals surface area contributed by atoms with Crippen LogP contribution in [0.2, 0.25) is 0 Å². The van der Waals surface area contributed by atoms with Crippen molar-refractivity contribution in [3.05, 3.63) is 0 Å². The van der Waals surface area contributed by atoms with Gasteiger partial charge in [-0.25, -0.2) is 9.13 Å². The van der Waals surface area contributed by atoms with E-state index in [4.69, 9.17) is 37.0 Å². The lowest BCUT2D eigenvalue weighted by atomic mass is 9.99. The lowest BCUT2D eigenvalue weighted by molar-refractivity contribution is -0.161. The lowest BCUT2D eigenvalue weighted by Crippen LogP contribution is -2.30. The highest BCUT2D eigenvalue weighted by Gasteiger charge is 2.30. The standard InChI is InChI=1S/C79H154O17P2/c1-8-10-11-12-13-14-15-16-17-18-19-20-21-22-23-28-31-34-39-48-55-62-78(83)95-74(66-89-76(81)60-53-46-38-33-30-27-25-24-26-29-32-37-45-52-59-72(7)9-2)68-93-97(85,86)91-64-73(80)65-92-98(87,88)94-69-75(67-90-77(82)61-54-47-42-41-44-51-58-71(5)6)96-79(84)63-56-49-40-35-36-43-50-57-70(3)4/h70-75,80H,8-69H2,1-7H3,(H,85,86)(H,87,88)/t72?,73-,74-,75-/m1/s1. The zero-order valence-electron chi connectivity index (χ0n) is 64.3. The summed E-state index contributed by atoms with van der Waals surface area (Å²) >= 11 is 0. The summed E-state index contributed by atoms with van der Waals surface area (Å²) in [7, 11) is -9.91. The molecule has 0 spiro atoms. The van der Waals surface area contributed by atoms with Gasteiger partial charge in [0.15, 0.2) is 12.2 Å². The first-order chi connectivity index (χ1) is 47.3. The summed E-state index contributed by atoms with van der Waals surface area (Å²) in [5.74, 6) is 0.105. The molecule has 0 bridgehead atoms. The Labute approximate surface area is 600 Å². The van der Waals surface area contributed by atoms with Gasteiger partial charge in [-0.3, -0.25) is 37.3 Å². The molecule has 0 rings (SSSR count). The Hall–Kier alpha value is -1.94. The zero-order valence-corrected chi connectivity index (χ0v) is 66.0. The predicted octanol–water partition coefficient (Wildman–Crippen LogP) is 23.4. The fourth-order valence-corrected chi connectivity index (χ4v) is 13.7. The van der Waals surface area contributed by atoms with Crippen molar-refractivity contribution in [1.82, 2.24) is 0 Å². The van der Waals surface area contributed by atoms with Crippen LogP contribution in [-0.4, -0.2) is 96.7 Å². The summed E-state index contributed by atoms with van der Waals surface area (Å²) < 4.78 is 68.5. The van der Waals surface area contributed by atoms with E-state index in [-0.39, 0.29) is 25.7 Å². The first kappa shape index (κ1) is 96.1. The molecule has 6 atom stereocenters. The predicted molar refractivity (Wildman–Crippen MR) is 400 cm³/mol. The number of phosphoric ester groups is 2. The van der Waals surface area contributed by atoms with E-state index in [0.29, 0.717) is 37.5 Å². The number of unbranched alkanes of at least 4 members (excludes halogenated alkanes) is 44. The molecule has 0 saturated heterocycles. The summed E-state index contributed by atoms with van der Waals surface area (Å²) in [4.78, 5) is 72.8. The SMILES string of the molecule is CCCCCCCCCCCCCCCCCCCCCCCC(=O)O[C@H](COC(=O)CCCCCCCCCCCCCCCCC(C)CC)COP(=O)(O)OC[C@@H](O)COP(=O)(O)OC[C@@H](COC(=O)CCCCCCCCC(C)C)OC(=O)CCCCCCCCCC(C)C. The largest absolute Gasteiger partial charge is 0.472 e. The van der Waals surface area contributed by atoms with Gasteiger partial charge in [0, 0.05) is 25.7 Å². The lowest BCUT2D eigenvalue weighted by Gasteiger charge is -2.21. The van der Waals surface area contributed by atoms with Gasteiger partial charge in [-0.2, -0.15) is 0 Å². The van der Waals surface area contributed by atoms with Gasteiger partial charge in [-0.15, -0.1) is 0 Å². The van der Waals surface area contributed by atoms with Crippen molar-refractivity contribution >= 4 is 39.5 Å². The number of rotatable bonds is 77. The highest BCUT2D eigenvalue weighted by molar-refractivity contribution is 7.47. The number of hydrogen-bond donors (Lipinski definition) is 3. The first-order valence-corrected chi connectivity index (χ1v) is 43.9. The summed E-state index contributed by atoms with van der Waals surface area (Å²) in [6, 6.07) is 0. The molecular weight excluding hydrogens is 1280 g/mol. The fraction of sp³-hybridized carbons (Fsp3) is 0.949. The highest BCUT2D eigenvalue weighted by Crippen LogP contribution is 2.45. The van der Waals surface area contributed by atoms with Crippen LogP contribution >= 0.6 is 15.6 Å². The molecule has 3 N–H and O–H groups in total. The molecule has 0 aromatic heterocycles. The fourth-order valence-electron chi connectivity index (χ4n) is 12.1. The normalized spacial score (nSPS) is 14.3. The third kappa shape index (κ3) is 71.1. The maximum absolute atomic E-state index is 13.1. The van der Waals surface area contributed by atoms with Crippen molar-refractivity contribution in [2.75, 3.05) is 39.6 Å². The van der Waals surface area contributed by atoms with Crippen molar-refractivity contribution < 1.29 is 80.2 Å². The number of phosphoric acid groups is 2. The van der Waals surface area contributed by atoms with Crippen LogP contribution in [0.3, 0.4) is 0 Å². The van der Waals surface area contributed by atoms with E-state index in [1.807, 2.05) is 0 Å². The second-order valence-electron chi connectivity index (χ2n) is 29.6. The minimum atomic E-state index is -4.96. The molecule has 98 heavy (non-hydrogen) atoms. The molecule has 0 saturated carbocycles. The van der Waals surface area contributed by atoms with Gasteiger partial charge in [0.1, 0.15) is 19.3 Å². The van der Waals surface area contributed by atoms with E-state index >= 15 is 0 Å². The van der Waals surface area contributed by atoms with Gasteiger partial charge in [0.2, 0.25) is 0 Å². The Morgan fingerprint density at radius 2 is 0.520 bits per heavy atom. The Morgan fingerprint density at radius 3 is 0.776 bits per heavy atom. The third-order valence-electron chi connectivity index (χ3n) is 18.7. The van der Waals surface area contributed by atoms with E-state index in [1.165, 1.54) is 212 Å². The molecule has 0 heterocycles. The molecule has 0 radical (unpaired) electrons. The van der Waals surface area contributed by atoms with E-state index in [0.717, 1.165) is 102 Å². The summed E-state index contributed by atoms with van der Waals surface area (Å²) in [5, 5.41) is 10.6. The molecule has 17 nitrogen and oxygen atoms in total. The Kier molecular flexibility index (Phi) is 68.1. The molecule has 0 aromatic carbocycles. The van der Waals surface area contributed by atoms with E-state index in [9.17, 15) is 43.2 Å².